The first-order valence-corrected chi connectivity index (χ1v) is 10.2. The molecule has 30 heavy (non-hydrogen) atoms. The molecule has 0 spiro atoms. The Kier molecular flexibility index (Phi) is 6.92. The first-order valence-electron chi connectivity index (χ1n) is 9.36. The molecular weight excluding hydrogens is 402 g/mol. The van der Waals surface area contributed by atoms with Gasteiger partial charge in [-0.05, 0) is 25.1 Å². The first-order chi connectivity index (χ1) is 14.5. The maximum absolute atomic E-state index is 12.7. The number of hydrogen-bond donors (Lipinski definition) is 2. The van der Waals surface area contributed by atoms with Gasteiger partial charge in [0.15, 0.2) is 5.13 Å². The minimum absolute atomic E-state index is 0.0730. The van der Waals surface area contributed by atoms with Gasteiger partial charge in [0.25, 0.3) is 5.91 Å². The molecule has 154 valence electrons. The molecule has 8 heteroatoms. The summed E-state index contributed by atoms with van der Waals surface area (Å²) in [4.78, 5) is 41.2. The molecule has 2 amide bonds. The summed E-state index contributed by atoms with van der Waals surface area (Å²) in [5.41, 5.74) is 2.39. The maximum atomic E-state index is 12.7. The summed E-state index contributed by atoms with van der Waals surface area (Å²) in [7, 11) is 0. The number of carbonyl (C=O) groups excluding carboxylic acids is 3. The Morgan fingerprint density at radius 1 is 1.03 bits per heavy atom. The van der Waals surface area contributed by atoms with Gasteiger partial charge >= 0.3 is 5.97 Å². The zero-order chi connectivity index (χ0) is 21.5. The predicted molar refractivity (Wildman–Crippen MR) is 117 cm³/mol. The average Bonchev–Trinajstić information content (AvgIpc) is 3.10. The third kappa shape index (κ3) is 5.51. The molecule has 0 radical (unpaired) electrons. The Morgan fingerprint density at radius 2 is 1.80 bits per heavy atom. The quantitative estimate of drug-likeness (QED) is 0.557. The number of anilines is 2. The van der Waals surface area contributed by atoms with Crippen molar-refractivity contribution in [2.75, 3.05) is 17.2 Å². The Morgan fingerprint density at radius 3 is 2.50 bits per heavy atom. The Bertz CT molecular complexity index is 1060. The minimum Gasteiger partial charge on any atom is -0.466 e. The number of thiazole rings is 1. The van der Waals surface area contributed by atoms with Gasteiger partial charge in [0.05, 0.1) is 18.7 Å². The monoisotopic (exact) mass is 423 g/mol. The van der Waals surface area contributed by atoms with Crippen molar-refractivity contribution in [3.8, 4) is 11.3 Å². The predicted octanol–water partition coefficient (Wildman–Crippen LogP) is 4.13. The number of esters is 1. The average molecular weight is 423 g/mol. The molecular formula is C22H21N3O4S. The molecule has 3 aromatic rings. The van der Waals surface area contributed by atoms with Gasteiger partial charge in [0, 0.05) is 28.6 Å². The summed E-state index contributed by atoms with van der Waals surface area (Å²) < 4.78 is 5.06. The van der Waals surface area contributed by atoms with Crippen LogP contribution in [-0.4, -0.2) is 29.4 Å². The third-order valence-corrected chi connectivity index (χ3v) is 4.99. The molecule has 0 saturated heterocycles. The lowest BCUT2D eigenvalue weighted by Gasteiger charge is -2.05. The van der Waals surface area contributed by atoms with E-state index >= 15 is 0 Å². The zero-order valence-electron chi connectivity index (χ0n) is 16.6. The number of aromatic nitrogens is 1. The first kappa shape index (κ1) is 21.2. The SMILES string of the molecule is CCOC(=O)Cc1sc(NC(=O)c2cccc(NC(C)=O)c2)nc1-c1ccccc1. The van der Waals surface area contributed by atoms with Crippen LogP contribution in [0.25, 0.3) is 11.3 Å². The van der Waals surface area contributed by atoms with Crippen molar-refractivity contribution in [3.05, 3.63) is 65.0 Å². The molecule has 3 rings (SSSR count). The van der Waals surface area contributed by atoms with Gasteiger partial charge in [-0.25, -0.2) is 4.98 Å². The van der Waals surface area contributed by atoms with E-state index in [0.717, 1.165) is 5.56 Å². The fourth-order valence-corrected chi connectivity index (χ4v) is 3.76. The Hall–Kier alpha value is -3.52. The van der Waals surface area contributed by atoms with Crippen LogP contribution in [0.5, 0.6) is 0 Å². The van der Waals surface area contributed by atoms with Crippen LogP contribution in [0.2, 0.25) is 0 Å². The molecule has 1 aromatic heterocycles. The van der Waals surface area contributed by atoms with Crippen molar-refractivity contribution in [3.63, 3.8) is 0 Å². The van der Waals surface area contributed by atoms with Crippen molar-refractivity contribution in [1.29, 1.82) is 0 Å². The van der Waals surface area contributed by atoms with Crippen LogP contribution < -0.4 is 10.6 Å². The van der Waals surface area contributed by atoms with Crippen molar-refractivity contribution >= 4 is 39.9 Å². The van der Waals surface area contributed by atoms with E-state index in [1.807, 2.05) is 30.3 Å². The number of amides is 2. The molecule has 0 atom stereocenters. The van der Waals surface area contributed by atoms with Crippen LogP contribution in [0.4, 0.5) is 10.8 Å². The smallest absolute Gasteiger partial charge is 0.311 e. The van der Waals surface area contributed by atoms with Crippen molar-refractivity contribution in [1.82, 2.24) is 4.98 Å². The number of carbonyl (C=O) groups is 3. The van der Waals surface area contributed by atoms with E-state index < -0.39 is 0 Å². The van der Waals surface area contributed by atoms with Gasteiger partial charge < -0.3 is 10.1 Å². The molecule has 0 fully saturated rings. The normalized spacial score (nSPS) is 10.3. The van der Waals surface area contributed by atoms with E-state index in [1.54, 1.807) is 31.2 Å². The molecule has 0 saturated carbocycles. The largest absolute Gasteiger partial charge is 0.466 e. The molecule has 2 N–H and O–H groups in total. The van der Waals surface area contributed by atoms with Crippen molar-refractivity contribution in [2.45, 2.75) is 20.3 Å². The molecule has 0 aliphatic carbocycles. The second-order valence-electron chi connectivity index (χ2n) is 6.35. The Labute approximate surface area is 178 Å². The fourth-order valence-electron chi connectivity index (χ4n) is 2.80. The highest BCUT2D eigenvalue weighted by Gasteiger charge is 2.18. The number of rotatable bonds is 7. The van der Waals surface area contributed by atoms with Gasteiger partial charge in [-0.2, -0.15) is 0 Å². The van der Waals surface area contributed by atoms with Crippen molar-refractivity contribution in [2.24, 2.45) is 0 Å². The van der Waals surface area contributed by atoms with Crippen LogP contribution in [0, 0.1) is 0 Å². The summed E-state index contributed by atoms with van der Waals surface area (Å²) in [5.74, 6) is -0.930. The third-order valence-electron chi connectivity index (χ3n) is 4.02. The van der Waals surface area contributed by atoms with Gasteiger partial charge in [0.1, 0.15) is 0 Å². The number of ether oxygens (including phenoxy) is 1. The summed E-state index contributed by atoms with van der Waals surface area (Å²) in [5, 5.41) is 5.80. The number of nitrogens with one attached hydrogen (secondary N) is 2. The molecule has 0 bridgehead atoms. The summed E-state index contributed by atoms with van der Waals surface area (Å²) >= 11 is 1.23. The van der Waals surface area contributed by atoms with E-state index in [-0.39, 0.29) is 24.2 Å². The van der Waals surface area contributed by atoms with Crippen LogP contribution >= 0.6 is 11.3 Å². The highest BCUT2D eigenvalue weighted by atomic mass is 32.1. The van der Waals surface area contributed by atoms with Gasteiger partial charge in [-0.1, -0.05) is 36.4 Å². The summed E-state index contributed by atoms with van der Waals surface area (Å²) in [6.07, 6.45) is 0.0730. The molecule has 0 unspecified atom stereocenters. The van der Waals surface area contributed by atoms with E-state index in [1.165, 1.54) is 18.3 Å². The lowest BCUT2D eigenvalue weighted by atomic mass is 10.1. The van der Waals surface area contributed by atoms with Crippen LogP contribution in [0.3, 0.4) is 0 Å². The van der Waals surface area contributed by atoms with E-state index in [0.29, 0.717) is 33.6 Å². The topological polar surface area (TPSA) is 97.4 Å². The van der Waals surface area contributed by atoms with Gasteiger partial charge in [-0.15, -0.1) is 11.3 Å². The fraction of sp³-hybridized carbons (Fsp3) is 0.182. The van der Waals surface area contributed by atoms with Crippen LogP contribution in [-0.2, 0) is 20.7 Å². The zero-order valence-corrected chi connectivity index (χ0v) is 17.4. The standard InChI is InChI=1S/C22H21N3O4S/c1-3-29-19(27)13-18-20(15-8-5-4-6-9-15)24-22(30-18)25-21(28)16-10-7-11-17(12-16)23-14(2)26/h4-12H,3,13H2,1-2H3,(H,23,26)(H,24,25,28). The molecule has 0 aliphatic rings. The van der Waals surface area contributed by atoms with Crippen LogP contribution in [0.15, 0.2) is 54.6 Å². The molecule has 2 aromatic carbocycles. The van der Waals surface area contributed by atoms with Crippen molar-refractivity contribution < 1.29 is 19.1 Å². The van der Waals surface area contributed by atoms with E-state index in [9.17, 15) is 14.4 Å². The molecule has 0 aliphatic heterocycles. The van der Waals surface area contributed by atoms with Crippen LogP contribution in [0.1, 0.15) is 29.1 Å². The van der Waals surface area contributed by atoms with Gasteiger partial charge in [0.2, 0.25) is 5.91 Å². The Balaban J connectivity index is 1.85. The molecule has 1 heterocycles. The van der Waals surface area contributed by atoms with Gasteiger partial charge in [-0.3, -0.25) is 19.7 Å². The summed E-state index contributed by atoms with van der Waals surface area (Å²) in [6.45, 7) is 3.45. The number of nitrogens with zero attached hydrogens (tertiary/aromatic N) is 1. The lowest BCUT2D eigenvalue weighted by Crippen LogP contribution is -2.13. The highest BCUT2D eigenvalue weighted by molar-refractivity contribution is 7.16. The van der Waals surface area contributed by atoms with E-state index in [4.69, 9.17) is 4.74 Å². The second-order valence-corrected chi connectivity index (χ2v) is 7.44. The summed E-state index contributed by atoms with van der Waals surface area (Å²) in [6, 6.07) is 16.1. The minimum atomic E-state index is -0.363. The maximum Gasteiger partial charge on any atom is 0.311 e. The highest BCUT2D eigenvalue weighted by Crippen LogP contribution is 2.32. The number of hydrogen-bond acceptors (Lipinski definition) is 6. The molecule has 7 nitrogen and oxygen atoms in total. The number of benzene rings is 2. The lowest BCUT2D eigenvalue weighted by molar-refractivity contribution is -0.142. The second kappa shape index (κ2) is 9.80. The van der Waals surface area contributed by atoms with E-state index in [2.05, 4.69) is 15.6 Å².